The molecule has 0 spiro atoms. The molecule has 1 N–H and O–H groups in total. The fourth-order valence-corrected chi connectivity index (χ4v) is 4.10. The second-order valence-electron chi connectivity index (χ2n) is 9.48. The molecule has 1 unspecified atom stereocenters. The molecule has 3 heterocycles. The largest absolute Gasteiger partial charge is 0.494 e. The zero-order valence-electron chi connectivity index (χ0n) is 20.1. The van der Waals surface area contributed by atoms with Crippen LogP contribution >= 0.6 is 15.9 Å². The molecule has 176 valence electrons. The fourth-order valence-electron chi connectivity index (χ4n) is 3.75. The highest BCUT2D eigenvalue weighted by Gasteiger charge is 2.51. The lowest BCUT2D eigenvalue weighted by Crippen LogP contribution is -2.41. The smallest absolute Gasteiger partial charge is 0.399 e. The molecule has 4 aromatic rings. The van der Waals surface area contributed by atoms with Crippen LogP contribution in [0.4, 0.5) is 0 Å². The van der Waals surface area contributed by atoms with Gasteiger partial charge in [0.2, 0.25) is 0 Å². The van der Waals surface area contributed by atoms with E-state index in [9.17, 15) is 4.79 Å². The molecule has 1 fully saturated rings. The maximum Gasteiger partial charge on any atom is 0.494 e. The standard InChI is InChI=1S/C13H17BN2O2.C13H12BrNO/c1-12(2)13(3,4)18-14(17-12)10-6-5-9-8-15-16-11(9)7-10;1-10(11-5-3-2-4-6-11)15-9-12(14)7-8-13(15)16/h5-8H,1-4H3,(H,15,16);2-10H,1H3. The number of benzene rings is 2. The molecule has 1 aliphatic heterocycles. The maximum absolute atomic E-state index is 11.7. The van der Waals surface area contributed by atoms with E-state index in [2.05, 4.69) is 53.8 Å². The van der Waals surface area contributed by atoms with Crippen molar-refractivity contribution in [2.75, 3.05) is 0 Å². The van der Waals surface area contributed by atoms with Gasteiger partial charge in [-0.2, -0.15) is 5.10 Å². The Morgan fingerprint density at radius 2 is 1.68 bits per heavy atom. The van der Waals surface area contributed by atoms with E-state index in [1.807, 2.05) is 67.8 Å². The van der Waals surface area contributed by atoms with Crippen molar-refractivity contribution in [3.05, 3.63) is 93.4 Å². The average molecular weight is 522 g/mol. The van der Waals surface area contributed by atoms with Crippen molar-refractivity contribution in [3.63, 3.8) is 0 Å². The van der Waals surface area contributed by atoms with Crippen LogP contribution in [0.25, 0.3) is 10.9 Å². The third kappa shape index (κ3) is 5.04. The normalized spacial score (nSPS) is 17.3. The topological polar surface area (TPSA) is 69.1 Å². The molecule has 0 bridgehead atoms. The van der Waals surface area contributed by atoms with E-state index in [1.165, 1.54) is 0 Å². The SMILES string of the molecule is CC(c1ccccc1)n1cc(Br)ccc1=O.CC1(C)OB(c2ccc3cn[nH]c3c2)OC1(C)C. The van der Waals surface area contributed by atoms with Gasteiger partial charge < -0.3 is 13.9 Å². The molecule has 5 rings (SSSR count). The predicted molar refractivity (Wildman–Crippen MR) is 140 cm³/mol. The Bertz CT molecular complexity index is 1320. The molecular formula is C26H29BBrN3O3. The van der Waals surface area contributed by atoms with Crippen LogP contribution in [0.15, 0.2) is 82.3 Å². The predicted octanol–water partition coefficient (Wildman–Crippen LogP) is 5.08. The van der Waals surface area contributed by atoms with Gasteiger partial charge in [-0.1, -0.05) is 42.5 Å². The minimum atomic E-state index is -0.317. The lowest BCUT2D eigenvalue weighted by Gasteiger charge is -2.32. The molecule has 2 aromatic carbocycles. The van der Waals surface area contributed by atoms with Crippen LogP contribution in [0, 0.1) is 0 Å². The van der Waals surface area contributed by atoms with Crippen molar-refractivity contribution in [1.82, 2.24) is 14.8 Å². The van der Waals surface area contributed by atoms with E-state index in [0.29, 0.717) is 0 Å². The van der Waals surface area contributed by atoms with Crippen LogP contribution in [-0.2, 0) is 9.31 Å². The second kappa shape index (κ2) is 9.52. The molecule has 6 nitrogen and oxygen atoms in total. The minimum absolute atomic E-state index is 0.0135. The molecular weight excluding hydrogens is 493 g/mol. The molecule has 0 saturated carbocycles. The number of hydrogen-bond donors (Lipinski definition) is 1. The zero-order valence-corrected chi connectivity index (χ0v) is 21.7. The first-order chi connectivity index (χ1) is 16.1. The van der Waals surface area contributed by atoms with Crippen molar-refractivity contribution in [1.29, 1.82) is 0 Å². The zero-order chi connectivity index (χ0) is 24.5. The van der Waals surface area contributed by atoms with Crippen molar-refractivity contribution in [3.8, 4) is 0 Å². The van der Waals surface area contributed by atoms with Gasteiger partial charge in [-0.25, -0.2) is 0 Å². The number of aromatic amines is 1. The van der Waals surface area contributed by atoms with Crippen LogP contribution in [0.2, 0.25) is 0 Å². The summed E-state index contributed by atoms with van der Waals surface area (Å²) in [5, 5.41) is 8.08. The van der Waals surface area contributed by atoms with Crippen LogP contribution in [0.1, 0.15) is 46.2 Å². The average Bonchev–Trinajstić information content (AvgIpc) is 3.36. The van der Waals surface area contributed by atoms with Gasteiger partial charge in [0.25, 0.3) is 5.56 Å². The maximum atomic E-state index is 11.7. The monoisotopic (exact) mass is 521 g/mol. The number of rotatable bonds is 3. The van der Waals surface area contributed by atoms with E-state index < -0.39 is 0 Å². The number of hydrogen-bond acceptors (Lipinski definition) is 4. The quantitative estimate of drug-likeness (QED) is 0.381. The summed E-state index contributed by atoms with van der Waals surface area (Å²) in [6.07, 6.45) is 3.63. The molecule has 34 heavy (non-hydrogen) atoms. The summed E-state index contributed by atoms with van der Waals surface area (Å²) in [6.45, 7) is 10.2. The van der Waals surface area contributed by atoms with Gasteiger partial charge in [-0.15, -0.1) is 0 Å². The third-order valence-electron chi connectivity index (χ3n) is 6.59. The van der Waals surface area contributed by atoms with Crippen molar-refractivity contribution < 1.29 is 9.31 Å². The second-order valence-corrected chi connectivity index (χ2v) is 10.4. The summed E-state index contributed by atoms with van der Waals surface area (Å²) < 4.78 is 14.7. The Morgan fingerprint density at radius 1 is 1.00 bits per heavy atom. The highest BCUT2D eigenvalue weighted by molar-refractivity contribution is 9.10. The van der Waals surface area contributed by atoms with Crippen LogP contribution in [0.3, 0.4) is 0 Å². The lowest BCUT2D eigenvalue weighted by molar-refractivity contribution is 0.00578. The summed E-state index contributed by atoms with van der Waals surface area (Å²) in [5.41, 5.74) is 2.55. The molecule has 2 aromatic heterocycles. The van der Waals surface area contributed by atoms with Gasteiger partial charge in [0.15, 0.2) is 0 Å². The van der Waals surface area contributed by atoms with Gasteiger partial charge in [-0.05, 0) is 73.7 Å². The Hall–Kier alpha value is -2.68. The number of H-pyrrole nitrogens is 1. The number of halogens is 1. The fraction of sp³-hybridized carbons (Fsp3) is 0.308. The highest BCUT2D eigenvalue weighted by Crippen LogP contribution is 2.36. The summed E-state index contributed by atoms with van der Waals surface area (Å²) in [4.78, 5) is 11.7. The summed E-state index contributed by atoms with van der Waals surface area (Å²) in [5.74, 6) is 0. The first kappa shape index (κ1) is 24.4. The number of fused-ring (bicyclic) bond motifs is 1. The van der Waals surface area contributed by atoms with Gasteiger partial charge in [0.05, 0.1) is 29.0 Å². The van der Waals surface area contributed by atoms with Gasteiger partial charge in [0, 0.05) is 22.1 Å². The van der Waals surface area contributed by atoms with Gasteiger partial charge in [-0.3, -0.25) is 9.89 Å². The first-order valence-corrected chi connectivity index (χ1v) is 12.1. The van der Waals surface area contributed by atoms with E-state index in [4.69, 9.17) is 9.31 Å². The van der Waals surface area contributed by atoms with E-state index >= 15 is 0 Å². The Balaban J connectivity index is 0.000000162. The van der Waals surface area contributed by atoms with Crippen LogP contribution in [0.5, 0.6) is 0 Å². The Labute approximate surface area is 208 Å². The Kier molecular flexibility index (Phi) is 6.85. The number of pyridine rings is 1. The van der Waals surface area contributed by atoms with E-state index in [-0.39, 0.29) is 29.9 Å². The molecule has 0 amide bonds. The van der Waals surface area contributed by atoms with Crippen LogP contribution in [-0.4, -0.2) is 33.1 Å². The number of nitrogens with one attached hydrogen (secondary N) is 1. The van der Waals surface area contributed by atoms with Crippen LogP contribution < -0.4 is 11.0 Å². The van der Waals surface area contributed by atoms with Crippen molar-refractivity contribution in [2.24, 2.45) is 0 Å². The molecule has 1 aliphatic rings. The summed E-state index contributed by atoms with van der Waals surface area (Å²) >= 11 is 3.38. The number of nitrogens with zero attached hydrogens (tertiary/aromatic N) is 2. The van der Waals surface area contributed by atoms with Gasteiger partial charge in [0.1, 0.15) is 0 Å². The van der Waals surface area contributed by atoms with Crippen molar-refractivity contribution >= 4 is 39.4 Å². The first-order valence-electron chi connectivity index (χ1n) is 11.3. The van der Waals surface area contributed by atoms with E-state index in [0.717, 1.165) is 26.4 Å². The summed E-state index contributed by atoms with van der Waals surface area (Å²) in [7, 11) is -0.317. The molecule has 1 saturated heterocycles. The van der Waals surface area contributed by atoms with E-state index in [1.54, 1.807) is 16.7 Å². The molecule has 0 radical (unpaired) electrons. The number of aromatic nitrogens is 3. The highest BCUT2D eigenvalue weighted by atomic mass is 79.9. The summed E-state index contributed by atoms with van der Waals surface area (Å²) in [6, 6.07) is 19.5. The minimum Gasteiger partial charge on any atom is -0.399 e. The van der Waals surface area contributed by atoms with Gasteiger partial charge >= 0.3 is 7.12 Å². The lowest BCUT2D eigenvalue weighted by atomic mass is 9.79. The molecule has 0 aliphatic carbocycles. The molecule has 1 atom stereocenters. The Morgan fingerprint density at radius 3 is 2.35 bits per heavy atom. The van der Waals surface area contributed by atoms with Crippen molar-refractivity contribution in [2.45, 2.75) is 51.9 Å². The molecule has 8 heteroatoms. The third-order valence-corrected chi connectivity index (χ3v) is 7.06.